The predicted octanol–water partition coefficient (Wildman–Crippen LogP) is 2.13. The average Bonchev–Trinajstić information content (AvgIpc) is 3.06. The number of hydrogen-bond donors (Lipinski definition) is 2. The summed E-state index contributed by atoms with van der Waals surface area (Å²) < 4.78 is 0. The van der Waals surface area contributed by atoms with Crippen molar-refractivity contribution in [1.82, 2.24) is 19.9 Å². The van der Waals surface area contributed by atoms with Gasteiger partial charge in [-0.15, -0.1) is 0 Å². The number of nitrogens with zero attached hydrogens (tertiary/aromatic N) is 5. The minimum atomic E-state index is 0.319. The van der Waals surface area contributed by atoms with Crippen LogP contribution in [0.5, 0.6) is 0 Å². The lowest BCUT2D eigenvalue weighted by atomic mass is 10.1. The molecule has 8 heteroatoms. The molecule has 0 atom stereocenters. The fourth-order valence-corrected chi connectivity index (χ4v) is 3.70. The van der Waals surface area contributed by atoms with Gasteiger partial charge in [0.05, 0.1) is 11.9 Å². The van der Waals surface area contributed by atoms with Crippen molar-refractivity contribution in [2.45, 2.75) is 19.4 Å². The summed E-state index contributed by atoms with van der Waals surface area (Å²) in [5.74, 6) is 2.05. The van der Waals surface area contributed by atoms with Crippen LogP contribution >= 0.6 is 11.3 Å². The largest absolute Gasteiger partial charge is 0.368 e. The zero-order valence-electron chi connectivity index (χ0n) is 13.7. The Labute approximate surface area is 150 Å². The molecule has 0 bridgehead atoms. The van der Waals surface area contributed by atoms with Gasteiger partial charge < -0.3 is 16.0 Å². The third-order valence-corrected chi connectivity index (χ3v) is 5.01. The highest BCUT2D eigenvalue weighted by Crippen LogP contribution is 2.24. The highest BCUT2D eigenvalue weighted by Gasteiger charge is 2.20. The number of fused-ring (bicyclic) bond motifs is 1. The van der Waals surface area contributed by atoms with Crippen LogP contribution < -0.4 is 16.0 Å². The van der Waals surface area contributed by atoms with Crippen molar-refractivity contribution in [2.24, 2.45) is 0 Å². The molecular formula is C17H19N7S. The van der Waals surface area contributed by atoms with Crippen LogP contribution in [0.4, 0.5) is 17.6 Å². The minimum Gasteiger partial charge on any atom is -0.368 e. The van der Waals surface area contributed by atoms with Gasteiger partial charge >= 0.3 is 0 Å². The Hall–Kier alpha value is -2.74. The molecule has 128 valence electrons. The molecule has 7 nitrogen and oxygen atoms in total. The van der Waals surface area contributed by atoms with Crippen LogP contribution in [0.3, 0.4) is 0 Å². The van der Waals surface area contributed by atoms with Crippen LogP contribution in [0.25, 0.3) is 0 Å². The maximum Gasteiger partial charge on any atom is 0.222 e. The summed E-state index contributed by atoms with van der Waals surface area (Å²) in [6.45, 7) is 2.43. The summed E-state index contributed by atoms with van der Waals surface area (Å²) >= 11 is 1.69. The molecule has 3 aromatic rings. The van der Waals surface area contributed by atoms with Crippen molar-refractivity contribution in [3.05, 3.63) is 52.2 Å². The second-order valence-electron chi connectivity index (χ2n) is 5.89. The van der Waals surface area contributed by atoms with Gasteiger partial charge in [-0.2, -0.15) is 16.3 Å². The van der Waals surface area contributed by atoms with Crippen molar-refractivity contribution in [3.63, 3.8) is 0 Å². The molecule has 0 fully saturated rings. The SMILES string of the molecule is Nc1nc2c(c(NCc3ccsc3)n1)CCN(c1cnccn1)CC2. The summed E-state index contributed by atoms with van der Waals surface area (Å²) in [5, 5.41) is 7.63. The van der Waals surface area contributed by atoms with Crippen LogP contribution in [0.2, 0.25) is 0 Å². The topological polar surface area (TPSA) is 92.8 Å². The molecule has 0 saturated heterocycles. The van der Waals surface area contributed by atoms with Gasteiger partial charge in [-0.25, -0.2) is 9.97 Å². The van der Waals surface area contributed by atoms with Gasteiger partial charge in [-0.05, 0) is 28.8 Å². The Kier molecular flexibility index (Phi) is 4.43. The zero-order valence-corrected chi connectivity index (χ0v) is 14.5. The molecule has 0 aliphatic carbocycles. The van der Waals surface area contributed by atoms with E-state index < -0.39 is 0 Å². The van der Waals surface area contributed by atoms with Crippen molar-refractivity contribution in [3.8, 4) is 0 Å². The molecular weight excluding hydrogens is 334 g/mol. The number of aromatic nitrogens is 4. The Bertz CT molecular complexity index is 836. The maximum atomic E-state index is 5.93. The van der Waals surface area contributed by atoms with Crippen molar-refractivity contribution in [1.29, 1.82) is 0 Å². The van der Waals surface area contributed by atoms with E-state index in [1.165, 1.54) is 5.56 Å². The number of nitrogen functional groups attached to an aromatic ring is 1. The molecule has 0 saturated carbocycles. The van der Waals surface area contributed by atoms with Gasteiger partial charge in [0.1, 0.15) is 11.6 Å². The van der Waals surface area contributed by atoms with Crippen molar-refractivity contribution >= 4 is 28.9 Å². The van der Waals surface area contributed by atoms with Crippen molar-refractivity contribution < 1.29 is 0 Å². The maximum absolute atomic E-state index is 5.93. The Morgan fingerprint density at radius 3 is 2.92 bits per heavy atom. The first-order valence-corrected chi connectivity index (χ1v) is 9.15. The van der Waals surface area contributed by atoms with Crippen LogP contribution in [-0.2, 0) is 19.4 Å². The molecule has 1 aliphatic rings. The normalized spacial score (nSPS) is 14.0. The summed E-state index contributed by atoms with van der Waals surface area (Å²) in [4.78, 5) is 19.7. The molecule has 3 aromatic heterocycles. The second-order valence-corrected chi connectivity index (χ2v) is 6.67. The van der Waals surface area contributed by atoms with Crippen molar-refractivity contribution in [2.75, 3.05) is 29.0 Å². The molecule has 0 amide bonds. The lowest BCUT2D eigenvalue weighted by Crippen LogP contribution is -2.27. The molecule has 0 aromatic carbocycles. The number of thiophene rings is 1. The third kappa shape index (κ3) is 3.53. The molecule has 4 rings (SSSR count). The van der Waals surface area contributed by atoms with E-state index >= 15 is 0 Å². The van der Waals surface area contributed by atoms with E-state index in [1.807, 2.05) is 0 Å². The van der Waals surface area contributed by atoms with Crippen LogP contribution in [-0.4, -0.2) is 33.0 Å². The number of nitrogens with one attached hydrogen (secondary N) is 1. The number of rotatable bonds is 4. The lowest BCUT2D eigenvalue weighted by Gasteiger charge is -2.20. The third-order valence-electron chi connectivity index (χ3n) is 4.27. The Morgan fingerprint density at radius 2 is 2.12 bits per heavy atom. The summed E-state index contributed by atoms with van der Waals surface area (Å²) in [6.07, 6.45) is 6.86. The predicted molar refractivity (Wildman–Crippen MR) is 99.7 cm³/mol. The van der Waals surface area contributed by atoms with Gasteiger partial charge in [-0.3, -0.25) is 4.98 Å². The van der Waals surface area contributed by atoms with E-state index in [4.69, 9.17) is 5.73 Å². The fourth-order valence-electron chi connectivity index (χ4n) is 3.03. The van der Waals surface area contributed by atoms with Crippen LogP contribution in [0.15, 0.2) is 35.4 Å². The zero-order chi connectivity index (χ0) is 17.1. The first-order valence-electron chi connectivity index (χ1n) is 8.21. The Balaban J connectivity index is 1.56. The second kappa shape index (κ2) is 7.02. The summed E-state index contributed by atoms with van der Waals surface area (Å²) in [7, 11) is 0. The fraction of sp³-hybridized carbons (Fsp3) is 0.294. The lowest BCUT2D eigenvalue weighted by molar-refractivity contribution is 0.784. The number of anilines is 3. The molecule has 0 radical (unpaired) electrons. The van der Waals surface area contributed by atoms with Crippen LogP contribution in [0.1, 0.15) is 16.8 Å². The van der Waals surface area contributed by atoms with Gasteiger partial charge in [0, 0.05) is 44.0 Å². The first-order chi connectivity index (χ1) is 12.3. The van der Waals surface area contributed by atoms with Gasteiger partial charge in [0.15, 0.2) is 0 Å². The molecule has 25 heavy (non-hydrogen) atoms. The quantitative estimate of drug-likeness (QED) is 0.742. The van der Waals surface area contributed by atoms with E-state index in [2.05, 4.69) is 47.0 Å². The summed E-state index contributed by atoms with van der Waals surface area (Å²) in [6, 6.07) is 2.11. The molecule has 0 spiro atoms. The van der Waals surface area contributed by atoms with E-state index in [1.54, 1.807) is 29.9 Å². The van der Waals surface area contributed by atoms with Gasteiger partial charge in [-0.1, -0.05) is 0 Å². The standard InChI is InChI=1S/C17H19N7S/c18-17-22-14-2-7-24(15-10-19-4-5-20-15)6-1-13(14)16(23-17)21-9-12-3-8-25-11-12/h3-5,8,10-11H,1-2,6-7,9H2,(H3,18,21,22,23). The highest BCUT2D eigenvalue weighted by atomic mass is 32.1. The number of nitrogens with two attached hydrogens (primary N) is 1. The van der Waals surface area contributed by atoms with Gasteiger partial charge in [0.2, 0.25) is 5.95 Å². The Morgan fingerprint density at radius 1 is 1.20 bits per heavy atom. The van der Waals surface area contributed by atoms with E-state index in [0.717, 1.165) is 55.4 Å². The van der Waals surface area contributed by atoms with E-state index in [9.17, 15) is 0 Å². The monoisotopic (exact) mass is 353 g/mol. The first kappa shape index (κ1) is 15.8. The molecule has 1 aliphatic heterocycles. The molecule has 4 heterocycles. The van der Waals surface area contributed by atoms with E-state index in [0.29, 0.717) is 5.95 Å². The smallest absolute Gasteiger partial charge is 0.222 e. The molecule has 0 unspecified atom stereocenters. The van der Waals surface area contributed by atoms with Crippen LogP contribution in [0, 0.1) is 0 Å². The van der Waals surface area contributed by atoms with E-state index in [-0.39, 0.29) is 0 Å². The average molecular weight is 353 g/mol. The minimum absolute atomic E-state index is 0.319. The summed E-state index contributed by atoms with van der Waals surface area (Å²) in [5.41, 5.74) is 9.34. The van der Waals surface area contributed by atoms with Gasteiger partial charge in [0.25, 0.3) is 0 Å². The molecule has 3 N–H and O–H groups in total. The highest BCUT2D eigenvalue weighted by molar-refractivity contribution is 7.07. The number of hydrogen-bond acceptors (Lipinski definition) is 8.